The molecule has 0 aliphatic heterocycles. The van der Waals surface area contributed by atoms with Crippen LogP contribution in [-0.4, -0.2) is 23.6 Å². The van der Waals surface area contributed by atoms with Crippen LogP contribution in [0.2, 0.25) is 5.02 Å². The number of thioether (sulfide) groups is 1. The van der Waals surface area contributed by atoms with Crippen LogP contribution in [0.5, 0.6) is 0 Å². The lowest BCUT2D eigenvalue weighted by Gasteiger charge is -2.18. The third-order valence-corrected chi connectivity index (χ3v) is 8.49. The Morgan fingerprint density at radius 2 is 1.23 bits per heavy atom. The van der Waals surface area contributed by atoms with E-state index < -0.39 is 23.0 Å². The van der Waals surface area contributed by atoms with Crippen molar-refractivity contribution in [2.45, 2.75) is 10.1 Å². The van der Waals surface area contributed by atoms with E-state index in [1.54, 1.807) is 103 Å². The summed E-state index contributed by atoms with van der Waals surface area (Å²) in [4.78, 5) is 52.0. The van der Waals surface area contributed by atoms with Crippen molar-refractivity contribution in [3.05, 3.63) is 166 Å². The number of benzene rings is 5. The van der Waals surface area contributed by atoms with Crippen molar-refractivity contribution in [1.29, 1.82) is 0 Å². The molecule has 0 radical (unpaired) electrons. The van der Waals surface area contributed by atoms with Crippen LogP contribution in [0.25, 0.3) is 6.08 Å². The highest BCUT2D eigenvalue weighted by atomic mass is 35.5. The molecule has 0 bridgehead atoms. The van der Waals surface area contributed by atoms with Gasteiger partial charge in [-0.15, -0.1) is 11.8 Å². The van der Waals surface area contributed by atoms with Crippen LogP contribution in [0.3, 0.4) is 0 Å². The number of hydrogen-bond acceptors (Lipinski definition) is 5. The van der Waals surface area contributed by atoms with Gasteiger partial charge >= 0.3 is 0 Å². The molecule has 0 fully saturated rings. The topological polar surface area (TPSA) is 130 Å². The number of amides is 4. The minimum absolute atomic E-state index is 0.00933. The molecule has 5 rings (SSSR count). The number of primary amides is 1. The average molecular weight is 661 g/mol. The van der Waals surface area contributed by atoms with Gasteiger partial charge in [0, 0.05) is 32.4 Å². The minimum atomic E-state index is -0.606. The molecular weight excluding hydrogens is 632 g/mol. The first-order valence-electron chi connectivity index (χ1n) is 14.4. The minimum Gasteiger partial charge on any atom is -0.366 e. The molecule has 5 aromatic rings. The Labute approximate surface area is 281 Å². The lowest BCUT2D eigenvalue weighted by Crippen LogP contribution is -2.30. The van der Waals surface area contributed by atoms with Crippen molar-refractivity contribution in [1.82, 2.24) is 5.32 Å². The summed E-state index contributed by atoms with van der Waals surface area (Å²) in [6.07, 6.45) is 1.52. The van der Waals surface area contributed by atoms with Crippen LogP contribution in [0.15, 0.2) is 144 Å². The van der Waals surface area contributed by atoms with Crippen molar-refractivity contribution in [3.8, 4) is 0 Å². The second kappa shape index (κ2) is 15.6. The molecule has 0 saturated heterocycles. The molecule has 0 heterocycles. The normalized spacial score (nSPS) is 11.6. The highest BCUT2D eigenvalue weighted by molar-refractivity contribution is 8.00. The second-order valence-electron chi connectivity index (χ2n) is 10.2. The van der Waals surface area contributed by atoms with Gasteiger partial charge in [0.2, 0.25) is 11.8 Å². The van der Waals surface area contributed by atoms with Gasteiger partial charge in [0.15, 0.2) is 0 Å². The van der Waals surface area contributed by atoms with Crippen molar-refractivity contribution in [2.24, 2.45) is 5.73 Å². The predicted octanol–water partition coefficient (Wildman–Crippen LogP) is 7.32. The van der Waals surface area contributed by atoms with Gasteiger partial charge < -0.3 is 21.7 Å². The maximum absolute atomic E-state index is 13.5. The number of carbonyl (C=O) groups is 4. The molecule has 0 saturated carbocycles. The largest absolute Gasteiger partial charge is 0.366 e. The molecule has 1 atom stereocenters. The number of anilines is 2. The first-order valence-corrected chi connectivity index (χ1v) is 15.7. The first kappa shape index (κ1) is 32.7. The van der Waals surface area contributed by atoms with Gasteiger partial charge in [-0.3, -0.25) is 19.2 Å². The highest BCUT2D eigenvalue weighted by Gasteiger charge is 2.23. The SMILES string of the molecule is NC(=O)c1ccc(NC(=O)C(Sc2ccc(NC(=O)/C(=C/c3ccccc3Cl)NC(=O)c3ccccc3)cc2)c2ccccc2)cc1. The van der Waals surface area contributed by atoms with E-state index in [2.05, 4.69) is 16.0 Å². The number of halogens is 1. The average Bonchev–Trinajstić information content (AvgIpc) is 3.09. The van der Waals surface area contributed by atoms with Gasteiger partial charge in [0.05, 0.1) is 0 Å². The van der Waals surface area contributed by atoms with Gasteiger partial charge in [-0.05, 0) is 83.9 Å². The number of nitrogens with two attached hydrogens (primary N) is 1. The molecule has 5 aromatic carbocycles. The molecule has 4 amide bonds. The third-order valence-electron chi connectivity index (χ3n) is 6.88. The fourth-order valence-corrected chi connectivity index (χ4v) is 5.68. The van der Waals surface area contributed by atoms with Crippen molar-refractivity contribution < 1.29 is 19.2 Å². The van der Waals surface area contributed by atoms with E-state index in [9.17, 15) is 19.2 Å². The Bertz CT molecular complexity index is 1920. The van der Waals surface area contributed by atoms with E-state index in [0.717, 1.165) is 10.5 Å². The zero-order valence-electron chi connectivity index (χ0n) is 24.9. The lowest BCUT2D eigenvalue weighted by molar-refractivity contribution is -0.116. The standard InChI is InChI=1S/C37H29ClN4O4S/c38-31-14-8-7-13-27(31)23-32(42-35(44)26-11-5-2-6-12-26)36(45)40-29-19-21-30(22-20-29)47-33(24-9-3-1-4-10-24)37(46)41-28-17-15-25(16-18-28)34(39)43/h1-23,33H,(H2,39,43)(H,40,45)(H,41,46)(H,42,44)/b32-23-. The van der Waals surface area contributed by atoms with Crippen LogP contribution in [-0.2, 0) is 9.59 Å². The molecule has 47 heavy (non-hydrogen) atoms. The molecule has 8 nitrogen and oxygen atoms in total. The molecule has 0 aliphatic carbocycles. The Morgan fingerprint density at radius 1 is 0.660 bits per heavy atom. The summed E-state index contributed by atoms with van der Waals surface area (Å²) < 4.78 is 0. The van der Waals surface area contributed by atoms with Crippen molar-refractivity contribution >= 4 is 64.4 Å². The summed E-state index contributed by atoms with van der Waals surface area (Å²) in [5.74, 6) is -1.79. The Balaban J connectivity index is 1.32. The molecular formula is C37H29ClN4O4S. The monoisotopic (exact) mass is 660 g/mol. The van der Waals surface area contributed by atoms with Crippen LogP contribution in [0.1, 0.15) is 37.1 Å². The van der Waals surface area contributed by atoms with E-state index in [-0.39, 0.29) is 11.6 Å². The molecule has 10 heteroatoms. The lowest BCUT2D eigenvalue weighted by atomic mass is 10.1. The zero-order valence-corrected chi connectivity index (χ0v) is 26.4. The van der Waals surface area contributed by atoms with E-state index in [0.29, 0.717) is 33.1 Å². The molecule has 234 valence electrons. The van der Waals surface area contributed by atoms with Crippen LogP contribution in [0, 0.1) is 0 Å². The number of nitrogens with one attached hydrogen (secondary N) is 3. The maximum atomic E-state index is 13.5. The molecule has 1 unspecified atom stereocenters. The summed E-state index contributed by atoms with van der Waals surface area (Å²) >= 11 is 7.68. The van der Waals surface area contributed by atoms with E-state index in [4.69, 9.17) is 17.3 Å². The molecule has 0 aromatic heterocycles. The Morgan fingerprint density at radius 3 is 1.87 bits per heavy atom. The summed E-state index contributed by atoms with van der Waals surface area (Å²) in [6.45, 7) is 0. The molecule has 0 spiro atoms. The van der Waals surface area contributed by atoms with E-state index in [1.165, 1.54) is 17.8 Å². The van der Waals surface area contributed by atoms with Crippen LogP contribution >= 0.6 is 23.4 Å². The number of carbonyl (C=O) groups excluding carboxylic acids is 4. The van der Waals surface area contributed by atoms with Crippen LogP contribution in [0.4, 0.5) is 11.4 Å². The quantitative estimate of drug-likeness (QED) is 0.0871. The van der Waals surface area contributed by atoms with Gasteiger partial charge in [-0.2, -0.15) is 0 Å². The number of rotatable bonds is 11. The Kier molecular flexibility index (Phi) is 10.9. The zero-order chi connectivity index (χ0) is 33.2. The highest BCUT2D eigenvalue weighted by Crippen LogP contribution is 2.37. The van der Waals surface area contributed by atoms with Gasteiger partial charge in [-0.25, -0.2) is 0 Å². The maximum Gasteiger partial charge on any atom is 0.272 e. The predicted molar refractivity (Wildman–Crippen MR) is 187 cm³/mol. The fraction of sp³-hybridized carbons (Fsp3) is 0.0270. The van der Waals surface area contributed by atoms with Crippen molar-refractivity contribution in [3.63, 3.8) is 0 Å². The van der Waals surface area contributed by atoms with Crippen molar-refractivity contribution in [2.75, 3.05) is 10.6 Å². The van der Waals surface area contributed by atoms with E-state index >= 15 is 0 Å². The molecule has 0 aliphatic rings. The summed E-state index contributed by atoms with van der Waals surface area (Å²) in [5, 5.41) is 8.27. The summed E-state index contributed by atoms with van der Waals surface area (Å²) in [6, 6.07) is 38.3. The third kappa shape index (κ3) is 8.97. The van der Waals surface area contributed by atoms with Crippen LogP contribution < -0.4 is 21.7 Å². The summed E-state index contributed by atoms with van der Waals surface area (Å²) in [5.41, 5.74) is 8.44. The summed E-state index contributed by atoms with van der Waals surface area (Å²) in [7, 11) is 0. The van der Waals surface area contributed by atoms with E-state index in [1.807, 2.05) is 30.3 Å². The Hall–Kier alpha value is -5.64. The fourth-order valence-electron chi connectivity index (χ4n) is 4.47. The number of hydrogen-bond donors (Lipinski definition) is 4. The smallest absolute Gasteiger partial charge is 0.272 e. The second-order valence-corrected chi connectivity index (χ2v) is 11.8. The van der Waals surface area contributed by atoms with Gasteiger partial charge in [0.25, 0.3) is 11.8 Å². The van der Waals surface area contributed by atoms with Gasteiger partial charge in [-0.1, -0.05) is 78.3 Å². The van der Waals surface area contributed by atoms with Gasteiger partial charge in [0.1, 0.15) is 10.9 Å². The molecule has 5 N–H and O–H groups in total. The first-order chi connectivity index (χ1) is 22.8.